The number of benzene rings is 2. The summed E-state index contributed by atoms with van der Waals surface area (Å²) in [6, 6.07) is 10.6. The molecular weight excluding hydrogens is 335 g/mol. The van der Waals surface area contributed by atoms with Crippen LogP contribution in [0.15, 0.2) is 42.5 Å². The third kappa shape index (κ3) is 4.70. The highest BCUT2D eigenvalue weighted by Gasteiger charge is 2.13. The summed E-state index contributed by atoms with van der Waals surface area (Å²) in [6.45, 7) is 2.00. The summed E-state index contributed by atoms with van der Waals surface area (Å²) in [7, 11) is 0. The molecule has 7 heteroatoms. The zero-order valence-corrected chi connectivity index (χ0v) is 13.7. The molecule has 0 atom stereocenters. The molecular formula is C17H16ClFN2O3. The number of carbonyl (C=O) groups excluding carboxylic acids is 2. The number of nitrogens with one attached hydrogen (secondary N) is 2. The van der Waals surface area contributed by atoms with Gasteiger partial charge in [-0.1, -0.05) is 23.7 Å². The highest BCUT2D eigenvalue weighted by molar-refractivity contribution is 6.31. The number of carbonyl (C=O) groups is 2. The quantitative estimate of drug-likeness (QED) is 0.840. The van der Waals surface area contributed by atoms with Crippen LogP contribution in [0, 0.1) is 5.82 Å². The third-order valence-electron chi connectivity index (χ3n) is 3.04. The lowest BCUT2D eigenvalue weighted by atomic mass is 10.2. The lowest BCUT2D eigenvalue weighted by Gasteiger charge is -2.11. The molecule has 126 valence electrons. The molecule has 0 fully saturated rings. The predicted octanol–water partition coefficient (Wildman–Crippen LogP) is 3.25. The van der Waals surface area contributed by atoms with Crippen LogP contribution in [0.3, 0.4) is 0 Å². The molecule has 2 aromatic rings. The summed E-state index contributed by atoms with van der Waals surface area (Å²) < 4.78 is 18.4. The molecule has 24 heavy (non-hydrogen) atoms. The molecule has 0 heterocycles. The number of halogens is 2. The minimum atomic E-state index is -0.574. The second kappa shape index (κ2) is 8.31. The lowest BCUT2D eigenvalue weighted by Crippen LogP contribution is -2.33. The van der Waals surface area contributed by atoms with Crippen molar-refractivity contribution in [3.05, 3.63) is 58.9 Å². The molecule has 0 bridgehead atoms. The van der Waals surface area contributed by atoms with Gasteiger partial charge in [-0.3, -0.25) is 9.59 Å². The van der Waals surface area contributed by atoms with Crippen LogP contribution in [-0.4, -0.2) is 25.0 Å². The Hall–Kier alpha value is -2.60. The predicted molar refractivity (Wildman–Crippen MR) is 90.0 cm³/mol. The number of rotatable bonds is 6. The van der Waals surface area contributed by atoms with Crippen molar-refractivity contribution in [2.24, 2.45) is 0 Å². The number of anilines is 1. The zero-order valence-electron chi connectivity index (χ0n) is 12.9. The van der Waals surface area contributed by atoms with E-state index in [0.29, 0.717) is 23.6 Å². The van der Waals surface area contributed by atoms with Crippen molar-refractivity contribution in [1.82, 2.24) is 5.32 Å². The largest absolute Gasteiger partial charge is 0.493 e. The van der Waals surface area contributed by atoms with Gasteiger partial charge in [0.15, 0.2) is 0 Å². The summed E-state index contributed by atoms with van der Waals surface area (Å²) in [5, 5.41) is 4.93. The van der Waals surface area contributed by atoms with E-state index in [-0.39, 0.29) is 11.6 Å². The highest BCUT2D eigenvalue weighted by Crippen LogP contribution is 2.19. The molecule has 2 aromatic carbocycles. The van der Waals surface area contributed by atoms with Gasteiger partial charge in [-0.25, -0.2) is 4.39 Å². The van der Waals surface area contributed by atoms with Crippen LogP contribution in [0.5, 0.6) is 5.75 Å². The Morgan fingerprint density at radius 1 is 1.21 bits per heavy atom. The van der Waals surface area contributed by atoms with Gasteiger partial charge < -0.3 is 15.4 Å². The molecule has 0 unspecified atom stereocenters. The molecule has 0 aliphatic rings. The Balaban J connectivity index is 1.94. The maximum Gasteiger partial charge on any atom is 0.255 e. The van der Waals surface area contributed by atoms with Crippen molar-refractivity contribution in [3.63, 3.8) is 0 Å². The molecule has 0 radical (unpaired) electrons. The Kier molecular flexibility index (Phi) is 6.14. The van der Waals surface area contributed by atoms with Gasteiger partial charge in [0, 0.05) is 5.69 Å². The molecule has 2 amide bonds. The van der Waals surface area contributed by atoms with Gasteiger partial charge in [0.25, 0.3) is 5.91 Å². The second-order valence-electron chi connectivity index (χ2n) is 4.79. The fourth-order valence-corrected chi connectivity index (χ4v) is 2.15. The molecule has 2 N–H and O–H groups in total. The summed E-state index contributed by atoms with van der Waals surface area (Å²) in [4.78, 5) is 24.0. The SMILES string of the molecule is CCOc1ccccc1C(=O)NCC(=O)Nc1ccc(F)c(Cl)c1. The van der Waals surface area contributed by atoms with Crippen LogP contribution >= 0.6 is 11.6 Å². The molecule has 0 aliphatic heterocycles. The van der Waals surface area contributed by atoms with Crippen LogP contribution in [0.25, 0.3) is 0 Å². The molecule has 0 saturated heterocycles. The van der Waals surface area contributed by atoms with Crippen molar-refractivity contribution in [2.45, 2.75) is 6.92 Å². The van der Waals surface area contributed by atoms with Gasteiger partial charge in [0.1, 0.15) is 11.6 Å². The average Bonchev–Trinajstić information content (AvgIpc) is 2.57. The van der Waals surface area contributed by atoms with Crippen LogP contribution in [0.2, 0.25) is 5.02 Å². The Bertz CT molecular complexity index is 752. The van der Waals surface area contributed by atoms with E-state index in [1.54, 1.807) is 24.3 Å². The highest BCUT2D eigenvalue weighted by atomic mass is 35.5. The summed E-state index contributed by atoms with van der Waals surface area (Å²) in [5.74, 6) is -1.01. The molecule has 0 aromatic heterocycles. The normalized spacial score (nSPS) is 10.1. The number of para-hydroxylation sites is 1. The first kappa shape index (κ1) is 17.7. The van der Waals surface area contributed by atoms with E-state index in [9.17, 15) is 14.0 Å². The minimum Gasteiger partial charge on any atom is -0.493 e. The molecule has 0 aliphatic carbocycles. The van der Waals surface area contributed by atoms with Crippen LogP contribution in [0.1, 0.15) is 17.3 Å². The second-order valence-corrected chi connectivity index (χ2v) is 5.20. The van der Waals surface area contributed by atoms with Crippen LogP contribution in [0.4, 0.5) is 10.1 Å². The van der Waals surface area contributed by atoms with E-state index in [2.05, 4.69) is 10.6 Å². The fraction of sp³-hybridized carbons (Fsp3) is 0.176. The average molecular weight is 351 g/mol. The summed E-state index contributed by atoms with van der Waals surface area (Å²) >= 11 is 5.64. The summed E-state index contributed by atoms with van der Waals surface area (Å²) in [5.41, 5.74) is 0.687. The van der Waals surface area contributed by atoms with E-state index >= 15 is 0 Å². The molecule has 5 nitrogen and oxygen atoms in total. The van der Waals surface area contributed by atoms with Crippen molar-refractivity contribution in [3.8, 4) is 5.75 Å². The fourth-order valence-electron chi connectivity index (χ4n) is 1.97. The molecule has 2 rings (SSSR count). The Labute approximate surface area is 143 Å². The van der Waals surface area contributed by atoms with Crippen molar-refractivity contribution >= 4 is 29.1 Å². The van der Waals surface area contributed by atoms with Gasteiger partial charge in [0.05, 0.1) is 23.7 Å². The maximum atomic E-state index is 13.1. The number of amides is 2. The number of hydrogen-bond acceptors (Lipinski definition) is 3. The van der Waals surface area contributed by atoms with Gasteiger partial charge >= 0.3 is 0 Å². The van der Waals surface area contributed by atoms with Gasteiger partial charge in [-0.2, -0.15) is 0 Å². The van der Waals surface area contributed by atoms with Crippen molar-refractivity contribution in [1.29, 1.82) is 0 Å². The first-order valence-electron chi connectivity index (χ1n) is 7.26. The van der Waals surface area contributed by atoms with E-state index in [0.717, 1.165) is 6.07 Å². The van der Waals surface area contributed by atoms with Crippen molar-refractivity contribution < 1.29 is 18.7 Å². The van der Waals surface area contributed by atoms with Crippen LogP contribution in [-0.2, 0) is 4.79 Å². The minimum absolute atomic E-state index is 0.0949. The first-order chi connectivity index (χ1) is 11.5. The number of ether oxygens (including phenoxy) is 1. The Morgan fingerprint density at radius 3 is 2.67 bits per heavy atom. The monoisotopic (exact) mass is 350 g/mol. The third-order valence-corrected chi connectivity index (χ3v) is 3.33. The smallest absolute Gasteiger partial charge is 0.255 e. The van der Waals surface area contributed by atoms with E-state index in [1.165, 1.54) is 12.1 Å². The topological polar surface area (TPSA) is 67.4 Å². The lowest BCUT2D eigenvalue weighted by molar-refractivity contribution is -0.115. The molecule has 0 saturated carbocycles. The number of hydrogen-bond donors (Lipinski definition) is 2. The zero-order chi connectivity index (χ0) is 17.5. The van der Waals surface area contributed by atoms with Crippen molar-refractivity contribution in [2.75, 3.05) is 18.5 Å². The standard InChI is InChI=1S/C17H16ClFN2O3/c1-2-24-15-6-4-3-5-12(15)17(23)20-10-16(22)21-11-7-8-14(19)13(18)9-11/h3-9H,2,10H2,1H3,(H,20,23)(H,21,22). The summed E-state index contributed by atoms with van der Waals surface area (Å²) in [6.07, 6.45) is 0. The van der Waals surface area contributed by atoms with E-state index in [4.69, 9.17) is 16.3 Å². The molecule has 0 spiro atoms. The van der Waals surface area contributed by atoms with E-state index < -0.39 is 17.6 Å². The first-order valence-corrected chi connectivity index (χ1v) is 7.64. The van der Waals surface area contributed by atoms with Crippen LogP contribution < -0.4 is 15.4 Å². The maximum absolute atomic E-state index is 13.1. The van der Waals surface area contributed by atoms with Gasteiger partial charge in [-0.15, -0.1) is 0 Å². The van der Waals surface area contributed by atoms with Gasteiger partial charge in [0.2, 0.25) is 5.91 Å². The Morgan fingerprint density at radius 2 is 1.96 bits per heavy atom. The van der Waals surface area contributed by atoms with E-state index in [1.807, 2.05) is 6.92 Å². The van der Waals surface area contributed by atoms with Gasteiger partial charge in [-0.05, 0) is 37.3 Å².